The maximum absolute atomic E-state index is 13.1. The molecular weight excluding hydrogens is 392 g/mol. The SMILES string of the molecule is Cc1cccnc1C1(O)CCN(C(=O)Cc2nn(C(C)C)c(=O)c3ccccc23)CC1. The Morgan fingerprint density at radius 1 is 1.13 bits per heavy atom. The zero-order valence-electron chi connectivity index (χ0n) is 18.2. The zero-order chi connectivity index (χ0) is 22.2. The predicted octanol–water partition coefficient (Wildman–Crippen LogP) is 2.73. The average molecular weight is 421 g/mol. The zero-order valence-corrected chi connectivity index (χ0v) is 18.2. The van der Waals surface area contributed by atoms with Crippen molar-refractivity contribution in [3.05, 3.63) is 69.9 Å². The van der Waals surface area contributed by atoms with Gasteiger partial charge in [0.1, 0.15) is 5.60 Å². The van der Waals surface area contributed by atoms with Gasteiger partial charge in [-0.3, -0.25) is 14.6 Å². The second-order valence-electron chi connectivity index (χ2n) is 8.59. The molecule has 7 nitrogen and oxygen atoms in total. The Bertz CT molecular complexity index is 1180. The van der Waals surface area contributed by atoms with Gasteiger partial charge < -0.3 is 10.0 Å². The molecular formula is C24H28N4O3. The van der Waals surface area contributed by atoms with Crippen molar-refractivity contribution in [1.82, 2.24) is 19.7 Å². The highest BCUT2D eigenvalue weighted by atomic mass is 16.3. The first-order valence-electron chi connectivity index (χ1n) is 10.7. The minimum atomic E-state index is -1.02. The van der Waals surface area contributed by atoms with Crippen molar-refractivity contribution in [1.29, 1.82) is 0 Å². The molecule has 0 spiro atoms. The molecule has 1 aromatic carbocycles. The summed E-state index contributed by atoms with van der Waals surface area (Å²) >= 11 is 0. The first-order chi connectivity index (χ1) is 14.8. The van der Waals surface area contributed by atoms with Gasteiger partial charge in [0.2, 0.25) is 5.91 Å². The van der Waals surface area contributed by atoms with Gasteiger partial charge in [-0.2, -0.15) is 5.10 Å². The van der Waals surface area contributed by atoms with Crippen LogP contribution in [0.5, 0.6) is 0 Å². The highest BCUT2D eigenvalue weighted by Gasteiger charge is 2.37. The quantitative estimate of drug-likeness (QED) is 0.701. The third kappa shape index (κ3) is 3.97. The van der Waals surface area contributed by atoms with E-state index in [1.807, 2.05) is 51.1 Å². The van der Waals surface area contributed by atoms with Crippen LogP contribution in [0.3, 0.4) is 0 Å². The molecule has 4 rings (SSSR count). The molecule has 0 radical (unpaired) electrons. The maximum atomic E-state index is 13.1. The summed E-state index contributed by atoms with van der Waals surface area (Å²) in [6.07, 6.45) is 2.69. The van der Waals surface area contributed by atoms with Gasteiger partial charge in [0, 0.05) is 24.7 Å². The third-order valence-electron chi connectivity index (χ3n) is 6.11. The molecule has 3 aromatic rings. The smallest absolute Gasteiger partial charge is 0.274 e. The van der Waals surface area contributed by atoms with Gasteiger partial charge in [-0.05, 0) is 51.3 Å². The number of rotatable bonds is 4. The van der Waals surface area contributed by atoms with Crippen molar-refractivity contribution in [3.8, 4) is 0 Å². The van der Waals surface area contributed by atoms with Crippen LogP contribution < -0.4 is 5.56 Å². The molecule has 0 aliphatic carbocycles. The van der Waals surface area contributed by atoms with E-state index < -0.39 is 5.60 Å². The Kier molecular flexibility index (Phi) is 5.62. The Balaban J connectivity index is 1.55. The van der Waals surface area contributed by atoms with Gasteiger partial charge in [0.05, 0.1) is 29.2 Å². The number of hydrogen-bond acceptors (Lipinski definition) is 5. The highest BCUT2D eigenvalue weighted by molar-refractivity contribution is 5.88. The second kappa shape index (κ2) is 8.23. The van der Waals surface area contributed by atoms with Crippen molar-refractivity contribution in [2.45, 2.75) is 51.7 Å². The number of piperidine rings is 1. The Labute approximate surface area is 181 Å². The Morgan fingerprint density at radius 3 is 2.45 bits per heavy atom. The molecule has 7 heteroatoms. The molecule has 1 fully saturated rings. The number of aryl methyl sites for hydroxylation is 1. The summed E-state index contributed by atoms with van der Waals surface area (Å²) in [4.78, 5) is 32.0. The number of carbonyl (C=O) groups excluding carboxylic acids is 1. The van der Waals surface area contributed by atoms with Crippen LogP contribution in [0.1, 0.15) is 49.7 Å². The molecule has 3 heterocycles. The largest absolute Gasteiger partial charge is 0.383 e. The van der Waals surface area contributed by atoms with E-state index in [9.17, 15) is 14.7 Å². The van der Waals surface area contributed by atoms with Crippen molar-refractivity contribution >= 4 is 16.7 Å². The summed E-state index contributed by atoms with van der Waals surface area (Å²) in [6, 6.07) is 11.0. The maximum Gasteiger partial charge on any atom is 0.274 e. The number of aromatic nitrogens is 3. The molecule has 1 N–H and O–H groups in total. The van der Waals surface area contributed by atoms with Crippen LogP contribution in [0, 0.1) is 6.92 Å². The third-order valence-corrected chi connectivity index (χ3v) is 6.11. The van der Waals surface area contributed by atoms with Crippen LogP contribution in [0.2, 0.25) is 0 Å². The molecule has 1 saturated heterocycles. The van der Waals surface area contributed by atoms with Gasteiger partial charge in [0.15, 0.2) is 0 Å². The fourth-order valence-corrected chi connectivity index (χ4v) is 4.35. The van der Waals surface area contributed by atoms with Crippen LogP contribution in [-0.2, 0) is 16.8 Å². The van der Waals surface area contributed by atoms with Gasteiger partial charge in [-0.15, -0.1) is 0 Å². The van der Waals surface area contributed by atoms with E-state index in [0.717, 1.165) is 10.9 Å². The normalized spacial score (nSPS) is 16.1. The number of pyridine rings is 1. The number of likely N-dealkylation sites (tertiary alicyclic amines) is 1. The van der Waals surface area contributed by atoms with Crippen LogP contribution in [0.15, 0.2) is 47.4 Å². The molecule has 0 atom stereocenters. The number of aliphatic hydroxyl groups is 1. The second-order valence-corrected chi connectivity index (χ2v) is 8.59. The van der Waals surface area contributed by atoms with E-state index in [1.54, 1.807) is 17.2 Å². The predicted molar refractivity (Wildman–Crippen MR) is 119 cm³/mol. The van der Waals surface area contributed by atoms with E-state index in [2.05, 4.69) is 10.1 Å². The van der Waals surface area contributed by atoms with Gasteiger partial charge >= 0.3 is 0 Å². The summed E-state index contributed by atoms with van der Waals surface area (Å²) in [5.74, 6) is -0.0496. The first kappa shape index (κ1) is 21.2. The van der Waals surface area contributed by atoms with Gasteiger partial charge in [-0.1, -0.05) is 24.3 Å². The molecule has 0 bridgehead atoms. The topological polar surface area (TPSA) is 88.3 Å². The van der Waals surface area contributed by atoms with Crippen molar-refractivity contribution in [3.63, 3.8) is 0 Å². The minimum absolute atomic E-state index is 0.0496. The van der Waals surface area contributed by atoms with Gasteiger partial charge in [-0.25, -0.2) is 4.68 Å². The lowest BCUT2D eigenvalue weighted by atomic mass is 9.85. The lowest BCUT2D eigenvalue weighted by Gasteiger charge is -2.38. The number of hydrogen-bond donors (Lipinski definition) is 1. The molecule has 31 heavy (non-hydrogen) atoms. The molecule has 1 amide bonds. The van der Waals surface area contributed by atoms with Crippen molar-refractivity contribution < 1.29 is 9.90 Å². The van der Waals surface area contributed by atoms with Crippen LogP contribution in [-0.4, -0.2) is 43.8 Å². The molecule has 1 aliphatic heterocycles. The fraction of sp³-hybridized carbons (Fsp3) is 0.417. The number of carbonyl (C=O) groups is 1. The monoisotopic (exact) mass is 420 g/mol. The van der Waals surface area contributed by atoms with Crippen LogP contribution in [0.4, 0.5) is 0 Å². The average Bonchev–Trinajstić information content (AvgIpc) is 2.76. The Morgan fingerprint density at radius 2 is 1.81 bits per heavy atom. The summed E-state index contributed by atoms with van der Waals surface area (Å²) in [7, 11) is 0. The Hall–Kier alpha value is -3.06. The fourth-order valence-electron chi connectivity index (χ4n) is 4.35. The lowest BCUT2D eigenvalue weighted by Crippen LogP contribution is -2.46. The number of nitrogens with zero attached hydrogens (tertiary/aromatic N) is 4. The molecule has 162 valence electrons. The molecule has 0 saturated carbocycles. The summed E-state index contributed by atoms with van der Waals surface area (Å²) in [5, 5.41) is 16.9. The number of benzene rings is 1. The minimum Gasteiger partial charge on any atom is -0.383 e. The van der Waals surface area contributed by atoms with Gasteiger partial charge in [0.25, 0.3) is 5.56 Å². The molecule has 1 aliphatic rings. The standard InChI is InChI=1S/C24H28N4O3/c1-16(2)28-23(30)19-9-5-4-8-18(19)20(26-28)15-21(29)27-13-10-24(31,11-14-27)22-17(3)7-6-12-25-22/h4-9,12,16,31H,10-11,13-15H2,1-3H3. The molecule has 0 unspecified atom stereocenters. The van der Waals surface area contributed by atoms with E-state index in [4.69, 9.17) is 0 Å². The summed E-state index contributed by atoms with van der Waals surface area (Å²) in [5.41, 5.74) is 1.10. The van der Waals surface area contributed by atoms with Crippen LogP contribution in [0.25, 0.3) is 10.8 Å². The van der Waals surface area contributed by atoms with E-state index >= 15 is 0 Å². The van der Waals surface area contributed by atoms with Crippen molar-refractivity contribution in [2.75, 3.05) is 13.1 Å². The highest BCUT2D eigenvalue weighted by Crippen LogP contribution is 2.33. The number of fused-ring (bicyclic) bond motifs is 1. The summed E-state index contributed by atoms with van der Waals surface area (Å²) in [6.45, 7) is 6.65. The van der Waals surface area contributed by atoms with Crippen molar-refractivity contribution in [2.24, 2.45) is 0 Å². The molecule has 2 aromatic heterocycles. The number of amides is 1. The summed E-state index contributed by atoms with van der Waals surface area (Å²) < 4.78 is 1.45. The van der Waals surface area contributed by atoms with Crippen LogP contribution >= 0.6 is 0 Å². The lowest BCUT2D eigenvalue weighted by molar-refractivity contribution is -0.135. The van der Waals surface area contributed by atoms with E-state index in [1.165, 1.54) is 4.68 Å². The van der Waals surface area contributed by atoms with E-state index in [-0.39, 0.29) is 23.9 Å². The van der Waals surface area contributed by atoms with E-state index in [0.29, 0.717) is 42.7 Å². The first-order valence-corrected chi connectivity index (χ1v) is 10.7.